The van der Waals surface area contributed by atoms with Gasteiger partial charge in [-0.1, -0.05) is 23.8 Å². The quantitative estimate of drug-likeness (QED) is 0.867. The first-order valence-electron chi connectivity index (χ1n) is 6.47. The lowest BCUT2D eigenvalue weighted by atomic mass is 10.1. The third-order valence-corrected chi connectivity index (χ3v) is 3.23. The molecule has 2 nitrogen and oxygen atoms in total. The maximum absolute atomic E-state index is 5.36. The predicted octanol–water partition coefficient (Wildman–Crippen LogP) is 3.62. The third-order valence-electron chi connectivity index (χ3n) is 3.23. The fraction of sp³-hybridized carbons (Fsp3) is 0.375. The topological polar surface area (TPSA) is 25.2 Å². The number of aryl methyl sites for hydroxylation is 2. The van der Waals surface area contributed by atoms with Gasteiger partial charge < -0.3 is 9.73 Å². The van der Waals surface area contributed by atoms with Gasteiger partial charge in [0, 0.05) is 19.0 Å². The van der Waals surface area contributed by atoms with Crippen LogP contribution in [0.3, 0.4) is 0 Å². The van der Waals surface area contributed by atoms with Crippen molar-refractivity contribution in [2.24, 2.45) is 0 Å². The molecular weight excluding hydrogens is 222 g/mol. The molecule has 1 unspecified atom stereocenters. The van der Waals surface area contributed by atoms with Gasteiger partial charge in [0.05, 0.1) is 6.26 Å². The van der Waals surface area contributed by atoms with Crippen LogP contribution >= 0.6 is 0 Å². The van der Waals surface area contributed by atoms with Gasteiger partial charge in [-0.2, -0.15) is 0 Å². The van der Waals surface area contributed by atoms with Gasteiger partial charge in [-0.15, -0.1) is 0 Å². The van der Waals surface area contributed by atoms with Gasteiger partial charge in [-0.3, -0.25) is 0 Å². The fourth-order valence-electron chi connectivity index (χ4n) is 2.13. The van der Waals surface area contributed by atoms with Gasteiger partial charge in [0.1, 0.15) is 5.76 Å². The van der Waals surface area contributed by atoms with E-state index in [4.69, 9.17) is 4.42 Å². The Hall–Kier alpha value is -1.54. The summed E-state index contributed by atoms with van der Waals surface area (Å²) in [6.07, 6.45) is 2.66. The molecule has 18 heavy (non-hydrogen) atoms. The van der Waals surface area contributed by atoms with Crippen molar-refractivity contribution < 1.29 is 4.42 Å². The molecule has 2 heteroatoms. The van der Waals surface area contributed by atoms with Crippen molar-refractivity contribution in [2.45, 2.75) is 39.8 Å². The average Bonchev–Trinajstić information content (AvgIpc) is 2.80. The Kier molecular flexibility index (Phi) is 4.21. The molecule has 0 bridgehead atoms. The second-order valence-electron chi connectivity index (χ2n) is 5.00. The number of rotatable bonds is 5. The molecule has 1 atom stereocenters. The molecule has 1 aromatic heterocycles. The molecule has 1 aromatic carbocycles. The summed E-state index contributed by atoms with van der Waals surface area (Å²) in [5.41, 5.74) is 4.04. The van der Waals surface area contributed by atoms with Crippen LogP contribution in [0, 0.1) is 13.8 Å². The van der Waals surface area contributed by atoms with Crippen LogP contribution < -0.4 is 5.32 Å². The van der Waals surface area contributed by atoms with Crippen LogP contribution in [-0.4, -0.2) is 6.04 Å². The molecule has 1 heterocycles. The average molecular weight is 243 g/mol. The fourth-order valence-corrected chi connectivity index (χ4v) is 2.13. The first kappa shape index (κ1) is 12.9. The molecule has 2 aromatic rings. The van der Waals surface area contributed by atoms with Crippen LogP contribution in [-0.2, 0) is 13.0 Å². The smallest absolute Gasteiger partial charge is 0.105 e. The van der Waals surface area contributed by atoms with Gasteiger partial charge in [-0.05, 0) is 44.0 Å². The van der Waals surface area contributed by atoms with E-state index >= 15 is 0 Å². The Bertz CT molecular complexity index is 488. The molecule has 96 valence electrons. The van der Waals surface area contributed by atoms with Gasteiger partial charge in [0.2, 0.25) is 0 Å². The highest BCUT2D eigenvalue weighted by Gasteiger charge is 2.06. The van der Waals surface area contributed by atoms with E-state index in [1.807, 2.05) is 12.1 Å². The third kappa shape index (κ3) is 3.47. The maximum atomic E-state index is 5.36. The minimum Gasteiger partial charge on any atom is -0.469 e. The number of nitrogens with one attached hydrogen (secondary N) is 1. The first-order chi connectivity index (χ1) is 8.65. The zero-order chi connectivity index (χ0) is 13.0. The highest BCUT2D eigenvalue weighted by molar-refractivity contribution is 5.30. The van der Waals surface area contributed by atoms with Crippen molar-refractivity contribution in [2.75, 3.05) is 0 Å². The van der Waals surface area contributed by atoms with Crippen molar-refractivity contribution >= 4 is 0 Å². The standard InChI is InChI=1S/C16H21NO/c1-12-6-7-15(13(2)9-12)11-17-14(3)10-16-5-4-8-18-16/h4-9,14,17H,10-11H2,1-3H3. The Morgan fingerprint density at radius 2 is 2.06 bits per heavy atom. The Balaban J connectivity index is 1.87. The highest BCUT2D eigenvalue weighted by atomic mass is 16.3. The van der Waals surface area contributed by atoms with E-state index in [1.165, 1.54) is 16.7 Å². The van der Waals surface area contributed by atoms with E-state index in [0.29, 0.717) is 6.04 Å². The Morgan fingerprint density at radius 1 is 1.22 bits per heavy atom. The molecule has 0 radical (unpaired) electrons. The van der Waals surface area contributed by atoms with Gasteiger partial charge in [-0.25, -0.2) is 0 Å². The second kappa shape index (κ2) is 5.87. The molecule has 0 aliphatic rings. The van der Waals surface area contributed by atoms with Crippen molar-refractivity contribution in [1.29, 1.82) is 0 Å². The van der Waals surface area contributed by atoms with Crippen LogP contribution in [0.4, 0.5) is 0 Å². The Labute approximate surface area is 109 Å². The summed E-state index contributed by atoms with van der Waals surface area (Å²) in [5, 5.41) is 3.54. The zero-order valence-electron chi connectivity index (χ0n) is 11.4. The second-order valence-corrected chi connectivity index (χ2v) is 5.00. The van der Waals surface area contributed by atoms with E-state index < -0.39 is 0 Å². The number of hydrogen-bond acceptors (Lipinski definition) is 2. The largest absolute Gasteiger partial charge is 0.469 e. The maximum Gasteiger partial charge on any atom is 0.105 e. The van der Waals surface area contributed by atoms with E-state index in [0.717, 1.165) is 18.7 Å². The molecule has 0 saturated heterocycles. The molecule has 0 fully saturated rings. The summed E-state index contributed by atoms with van der Waals surface area (Å²) in [6.45, 7) is 7.39. The minimum absolute atomic E-state index is 0.414. The molecule has 0 spiro atoms. The summed E-state index contributed by atoms with van der Waals surface area (Å²) in [4.78, 5) is 0. The van der Waals surface area contributed by atoms with Gasteiger partial charge >= 0.3 is 0 Å². The van der Waals surface area contributed by atoms with Crippen molar-refractivity contribution in [3.63, 3.8) is 0 Å². The lowest BCUT2D eigenvalue weighted by Crippen LogP contribution is -2.27. The lowest BCUT2D eigenvalue weighted by Gasteiger charge is -2.14. The number of benzene rings is 1. The van der Waals surface area contributed by atoms with Gasteiger partial charge in [0.15, 0.2) is 0 Å². The van der Waals surface area contributed by atoms with Crippen LogP contribution in [0.15, 0.2) is 41.0 Å². The molecular formula is C16H21NO. The normalized spacial score (nSPS) is 12.6. The molecule has 1 N–H and O–H groups in total. The SMILES string of the molecule is Cc1ccc(CNC(C)Cc2ccco2)c(C)c1. The zero-order valence-corrected chi connectivity index (χ0v) is 11.4. The number of hydrogen-bond donors (Lipinski definition) is 1. The molecule has 0 saturated carbocycles. The minimum atomic E-state index is 0.414. The van der Waals surface area contributed by atoms with E-state index in [2.05, 4.69) is 44.3 Å². The molecule has 0 aliphatic carbocycles. The van der Waals surface area contributed by atoms with Crippen molar-refractivity contribution in [1.82, 2.24) is 5.32 Å². The summed E-state index contributed by atoms with van der Waals surface area (Å²) < 4.78 is 5.36. The molecule has 0 amide bonds. The van der Waals surface area contributed by atoms with E-state index in [-0.39, 0.29) is 0 Å². The number of furan rings is 1. The summed E-state index contributed by atoms with van der Waals surface area (Å²) >= 11 is 0. The van der Waals surface area contributed by atoms with Crippen molar-refractivity contribution in [3.8, 4) is 0 Å². The predicted molar refractivity (Wildman–Crippen MR) is 74.6 cm³/mol. The molecule has 0 aliphatic heterocycles. The van der Waals surface area contributed by atoms with E-state index in [1.54, 1.807) is 6.26 Å². The van der Waals surface area contributed by atoms with Crippen LogP contribution in [0.25, 0.3) is 0 Å². The van der Waals surface area contributed by atoms with E-state index in [9.17, 15) is 0 Å². The molecule has 2 rings (SSSR count). The van der Waals surface area contributed by atoms with Crippen LogP contribution in [0.1, 0.15) is 29.4 Å². The Morgan fingerprint density at radius 3 is 2.72 bits per heavy atom. The monoisotopic (exact) mass is 243 g/mol. The van der Waals surface area contributed by atoms with Gasteiger partial charge in [0.25, 0.3) is 0 Å². The lowest BCUT2D eigenvalue weighted by molar-refractivity contribution is 0.456. The highest BCUT2D eigenvalue weighted by Crippen LogP contribution is 2.11. The first-order valence-corrected chi connectivity index (χ1v) is 6.47. The van der Waals surface area contributed by atoms with Crippen LogP contribution in [0.2, 0.25) is 0 Å². The summed E-state index contributed by atoms with van der Waals surface area (Å²) in [5.74, 6) is 1.04. The van der Waals surface area contributed by atoms with Crippen LogP contribution in [0.5, 0.6) is 0 Å². The summed E-state index contributed by atoms with van der Waals surface area (Å²) in [6, 6.07) is 11.0. The van der Waals surface area contributed by atoms with Crippen molar-refractivity contribution in [3.05, 3.63) is 59.0 Å². The summed E-state index contributed by atoms with van der Waals surface area (Å²) in [7, 11) is 0.